The zero-order chi connectivity index (χ0) is 12.4. The second-order valence-corrected chi connectivity index (χ2v) is 5.35. The van der Waals surface area contributed by atoms with Crippen molar-refractivity contribution in [3.05, 3.63) is 35.4 Å². The van der Waals surface area contributed by atoms with E-state index in [1.807, 2.05) is 0 Å². The lowest BCUT2D eigenvalue weighted by Gasteiger charge is -2.39. The summed E-state index contributed by atoms with van der Waals surface area (Å²) in [5.74, 6) is 0.567. The van der Waals surface area contributed by atoms with Gasteiger partial charge < -0.3 is 4.74 Å². The largest absolute Gasteiger partial charge is 0.378 e. The lowest BCUT2D eigenvalue weighted by molar-refractivity contribution is -0.0309. The van der Waals surface area contributed by atoms with Crippen molar-refractivity contribution in [3.8, 4) is 0 Å². The topological polar surface area (TPSA) is 12.5 Å². The number of ether oxygens (including phenoxy) is 1. The Bertz CT molecular complexity index is 375. The van der Waals surface area contributed by atoms with Gasteiger partial charge in [-0.25, -0.2) is 0 Å². The summed E-state index contributed by atoms with van der Waals surface area (Å²) in [7, 11) is 2.20. The first-order chi connectivity index (χ1) is 8.11. The highest BCUT2D eigenvalue weighted by molar-refractivity contribution is 5.32. The fourth-order valence-electron chi connectivity index (χ4n) is 2.54. The van der Waals surface area contributed by atoms with E-state index >= 15 is 0 Å². The molecule has 1 aliphatic rings. The minimum absolute atomic E-state index is 0.400. The van der Waals surface area contributed by atoms with Crippen LogP contribution in [0.2, 0.25) is 0 Å². The molecule has 1 fully saturated rings. The van der Waals surface area contributed by atoms with Crippen molar-refractivity contribution >= 4 is 0 Å². The molecule has 1 aromatic rings. The van der Waals surface area contributed by atoms with Crippen molar-refractivity contribution in [1.82, 2.24) is 4.90 Å². The van der Waals surface area contributed by atoms with Crippen LogP contribution in [0.5, 0.6) is 0 Å². The van der Waals surface area contributed by atoms with Gasteiger partial charge in [-0.2, -0.15) is 0 Å². The molecule has 2 nitrogen and oxygen atoms in total. The third-order valence-electron chi connectivity index (χ3n) is 3.80. The molecule has 2 unspecified atom stereocenters. The highest BCUT2D eigenvalue weighted by atomic mass is 16.5. The summed E-state index contributed by atoms with van der Waals surface area (Å²) in [6.07, 6.45) is 0. The van der Waals surface area contributed by atoms with E-state index in [-0.39, 0.29) is 0 Å². The van der Waals surface area contributed by atoms with Crippen LogP contribution >= 0.6 is 0 Å². The minimum atomic E-state index is 0.400. The average Bonchev–Trinajstić information content (AvgIpc) is 2.33. The zero-order valence-corrected chi connectivity index (χ0v) is 11.3. The van der Waals surface area contributed by atoms with Gasteiger partial charge in [0.25, 0.3) is 0 Å². The summed E-state index contributed by atoms with van der Waals surface area (Å²) < 4.78 is 5.71. The van der Waals surface area contributed by atoms with Crippen LogP contribution in [0.15, 0.2) is 24.3 Å². The Morgan fingerprint density at radius 1 is 1.24 bits per heavy atom. The molecule has 1 saturated heterocycles. The lowest BCUT2D eigenvalue weighted by atomic mass is 9.91. The monoisotopic (exact) mass is 233 g/mol. The first-order valence-electron chi connectivity index (χ1n) is 6.49. The third-order valence-corrected chi connectivity index (χ3v) is 3.80. The molecular formula is C15H23NO. The van der Waals surface area contributed by atoms with E-state index in [1.54, 1.807) is 0 Å². The van der Waals surface area contributed by atoms with E-state index < -0.39 is 0 Å². The Morgan fingerprint density at radius 2 is 1.94 bits per heavy atom. The van der Waals surface area contributed by atoms with Crippen molar-refractivity contribution in [2.45, 2.75) is 38.8 Å². The minimum Gasteiger partial charge on any atom is -0.378 e. The van der Waals surface area contributed by atoms with E-state index in [2.05, 4.69) is 57.0 Å². The molecule has 2 heteroatoms. The SMILES string of the molecule is CC(C)c1ccccc1C1COCC(C)N1C. The Labute approximate surface area is 105 Å². The Balaban J connectivity index is 2.32. The zero-order valence-electron chi connectivity index (χ0n) is 11.3. The highest BCUT2D eigenvalue weighted by Gasteiger charge is 2.28. The van der Waals surface area contributed by atoms with Crippen LogP contribution in [0.4, 0.5) is 0 Å². The van der Waals surface area contributed by atoms with E-state index in [0.29, 0.717) is 18.0 Å². The third kappa shape index (κ3) is 2.53. The van der Waals surface area contributed by atoms with Crippen LogP contribution in [0.1, 0.15) is 43.9 Å². The smallest absolute Gasteiger partial charge is 0.0664 e. The molecule has 0 saturated carbocycles. The van der Waals surface area contributed by atoms with Crippen molar-refractivity contribution in [2.75, 3.05) is 20.3 Å². The van der Waals surface area contributed by atoms with Gasteiger partial charge >= 0.3 is 0 Å². The maximum Gasteiger partial charge on any atom is 0.0664 e. The Kier molecular flexibility index (Phi) is 3.85. The maximum absolute atomic E-state index is 5.71. The van der Waals surface area contributed by atoms with Gasteiger partial charge in [0.05, 0.1) is 19.3 Å². The molecule has 94 valence electrons. The molecule has 17 heavy (non-hydrogen) atoms. The summed E-state index contributed by atoms with van der Waals surface area (Å²) in [6, 6.07) is 9.65. The first-order valence-corrected chi connectivity index (χ1v) is 6.49. The molecule has 0 N–H and O–H groups in total. The standard InChI is InChI=1S/C15H23NO/c1-11(2)13-7-5-6-8-14(13)15-10-17-9-12(3)16(15)4/h5-8,11-12,15H,9-10H2,1-4H3. The summed E-state index contributed by atoms with van der Waals surface area (Å²) in [5, 5.41) is 0. The van der Waals surface area contributed by atoms with E-state index in [4.69, 9.17) is 4.74 Å². The van der Waals surface area contributed by atoms with Gasteiger partial charge in [0.1, 0.15) is 0 Å². The molecule has 0 aromatic heterocycles. The Morgan fingerprint density at radius 3 is 2.65 bits per heavy atom. The fraction of sp³-hybridized carbons (Fsp3) is 0.600. The van der Waals surface area contributed by atoms with Crippen LogP contribution < -0.4 is 0 Å². The van der Waals surface area contributed by atoms with Crippen LogP contribution in [-0.2, 0) is 4.74 Å². The second kappa shape index (κ2) is 5.19. The number of rotatable bonds is 2. The molecule has 0 amide bonds. The number of benzene rings is 1. The Hall–Kier alpha value is -0.860. The summed E-state index contributed by atoms with van der Waals surface area (Å²) in [6.45, 7) is 8.39. The average molecular weight is 233 g/mol. The molecule has 2 rings (SSSR count). The summed E-state index contributed by atoms with van der Waals surface area (Å²) >= 11 is 0. The van der Waals surface area contributed by atoms with Crippen molar-refractivity contribution in [1.29, 1.82) is 0 Å². The van der Waals surface area contributed by atoms with E-state index in [0.717, 1.165) is 13.2 Å². The lowest BCUT2D eigenvalue weighted by Crippen LogP contribution is -2.43. The van der Waals surface area contributed by atoms with Crippen molar-refractivity contribution in [2.24, 2.45) is 0 Å². The van der Waals surface area contributed by atoms with Gasteiger partial charge in [-0.3, -0.25) is 4.90 Å². The quantitative estimate of drug-likeness (QED) is 0.777. The van der Waals surface area contributed by atoms with Crippen molar-refractivity contribution < 1.29 is 4.74 Å². The predicted molar refractivity (Wildman–Crippen MR) is 71.3 cm³/mol. The molecule has 0 bridgehead atoms. The first kappa shape index (κ1) is 12.6. The normalized spacial score (nSPS) is 26.4. The molecule has 1 aromatic carbocycles. The molecule has 0 radical (unpaired) electrons. The van der Waals surface area contributed by atoms with Crippen LogP contribution in [0.25, 0.3) is 0 Å². The maximum atomic E-state index is 5.71. The van der Waals surface area contributed by atoms with Crippen LogP contribution in [0, 0.1) is 0 Å². The number of morpholine rings is 1. The van der Waals surface area contributed by atoms with Crippen LogP contribution in [-0.4, -0.2) is 31.2 Å². The van der Waals surface area contributed by atoms with E-state index in [9.17, 15) is 0 Å². The number of hydrogen-bond acceptors (Lipinski definition) is 2. The molecular weight excluding hydrogens is 210 g/mol. The molecule has 0 aliphatic carbocycles. The van der Waals surface area contributed by atoms with Gasteiger partial charge in [0.15, 0.2) is 0 Å². The van der Waals surface area contributed by atoms with E-state index in [1.165, 1.54) is 11.1 Å². The van der Waals surface area contributed by atoms with Crippen molar-refractivity contribution in [3.63, 3.8) is 0 Å². The summed E-state index contributed by atoms with van der Waals surface area (Å²) in [4.78, 5) is 2.44. The highest BCUT2D eigenvalue weighted by Crippen LogP contribution is 2.31. The van der Waals surface area contributed by atoms with Gasteiger partial charge in [0, 0.05) is 6.04 Å². The summed E-state index contributed by atoms with van der Waals surface area (Å²) in [5.41, 5.74) is 2.87. The van der Waals surface area contributed by atoms with Gasteiger partial charge in [-0.15, -0.1) is 0 Å². The molecule has 1 aliphatic heterocycles. The molecule has 2 atom stereocenters. The predicted octanol–water partition coefficient (Wildman–Crippen LogP) is 3.20. The number of likely N-dealkylation sites (N-methyl/N-ethyl adjacent to an activating group) is 1. The van der Waals surface area contributed by atoms with Gasteiger partial charge in [-0.05, 0) is 31.0 Å². The van der Waals surface area contributed by atoms with Gasteiger partial charge in [0.2, 0.25) is 0 Å². The number of hydrogen-bond donors (Lipinski definition) is 0. The second-order valence-electron chi connectivity index (χ2n) is 5.35. The fourth-order valence-corrected chi connectivity index (χ4v) is 2.54. The molecule has 1 heterocycles. The molecule has 0 spiro atoms. The number of nitrogens with zero attached hydrogens (tertiary/aromatic N) is 1. The van der Waals surface area contributed by atoms with Crippen LogP contribution in [0.3, 0.4) is 0 Å². The van der Waals surface area contributed by atoms with Gasteiger partial charge in [-0.1, -0.05) is 38.1 Å².